The molecule has 13 heteroatoms. The van der Waals surface area contributed by atoms with Crippen molar-refractivity contribution in [2.75, 3.05) is 25.1 Å². The Bertz CT molecular complexity index is 534. The van der Waals surface area contributed by atoms with Gasteiger partial charge in [0.25, 0.3) is 0 Å². The van der Waals surface area contributed by atoms with Crippen LogP contribution in [0, 0.1) is 0 Å². The number of nitrogens with one attached hydrogen (secondary N) is 4. The van der Waals surface area contributed by atoms with Crippen molar-refractivity contribution in [3.05, 3.63) is 0 Å². The summed E-state index contributed by atoms with van der Waals surface area (Å²) in [6, 6.07) is 0. The van der Waals surface area contributed by atoms with E-state index in [1.807, 2.05) is 0 Å². The van der Waals surface area contributed by atoms with E-state index in [1.165, 1.54) is 0 Å². The van der Waals surface area contributed by atoms with Crippen LogP contribution in [0.5, 0.6) is 0 Å². The number of amides is 4. The van der Waals surface area contributed by atoms with Crippen molar-refractivity contribution in [2.45, 2.75) is 79.8 Å². The molecule has 0 bridgehead atoms. The molecule has 0 saturated carbocycles. The Hall–Kier alpha value is -2.49. The van der Waals surface area contributed by atoms with Crippen LogP contribution in [0.25, 0.3) is 0 Å². The fourth-order valence-electron chi connectivity index (χ4n) is 2.29. The molecule has 0 aromatic carbocycles. The predicted molar refractivity (Wildman–Crippen MR) is 125 cm³/mol. The summed E-state index contributed by atoms with van der Waals surface area (Å²) in [6.45, 7) is 13.7. The van der Waals surface area contributed by atoms with Crippen molar-refractivity contribution in [1.82, 2.24) is 21.3 Å². The minimum Gasteiger partial charge on any atom is -0.447 e. The average molecular weight is 496 g/mol. The third kappa shape index (κ3) is 15.9. The molecule has 0 aliphatic carbocycles. The Balaban J connectivity index is 5.59. The SMILES string of the molecule is CC(C)OC(=O)NC[P+](CNC(=O)OC(C)C)(CNC(=O)OC(C)C)CNC(=O)OC(C)C. The first kappa shape index (κ1) is 30.5. The number of carbonyl (C=O) groups excluding carboxylic acids is 4. The van der Waals surface area contributed by atoms with Crippen molar-refractivity contribution >= 4 is 31.6 Å². The Morgan fingerprint density at radius 3 is 0.818 bits per heavy atom. The molecular weight excluding hydrogens is 455 g/mol. The Kier molecular flexibility index (Phi) is 14.2. The van der Waals surface area contributed by atoms with Gasteiger partial charge in [-0.1, -0.05) is 0 Å². The molecule has 0 heterocycles. The molecule has 12 nitrogen and oxygen atoms in total. The molecule has 0 fully saturated rings. The molecule has 0 aromatic rings. The van der Waals surface area contributed by atoms with Crippen LogP contribution in [0.15, 0.2) is 0 Å². The lowest BCUT2D eigenvalue weighted by molar-refractivity contribution is 0.116. The number of hydrogen-bond acceptors (Lipinski definition) is 8. The van der Waals surface area contributed by atoms with Gasteiger partial charge in [0.1, 0.15) is 25.1 Å². The normalized spacial score (nSPS) is 11.3. The Labute approximate surface area is 196 Å². The second-order valence-electron chi connectivity index (χ2n) is 8.50. The molecule has 0 unspecified atom stereocenters. The standard InChI is InChI=1S/C20H39N4O8P/c1-13(2)29-17(25)21-9-33(10-22-18(26)30-14(3)4,11-23-19(27)31-15(5)6)12-24-20(28)32-16(7)8/h13-16H,9-12H2,1-8H3,(H3-,21,22,23,24,25,26,27,28)/p+1. The van der Waals surface area contributed by atoms with Crippen molar-refractivity contribution in [3.63, 3.8) is 0 Å². The van der Waals surface area contributed by atoms with Crippen LogP contribution in [0.1, 0.15) is 55.4 Å². The molecule has 192 valence electrons. The van der Waals surface area contributed by atoms with Crippen LogP contribution in [-0.2, 0) is 18.9 Å². The second kappa shape index (κ2) is 15.4. The summed E-state index contributed by atoms with van der Waals surface area (Å²) in [5.74, 6) is 0. The fourth-order valence-corrected chi connectivity index (χ4v) is 4.82. The maximum Gasteiger partial charge on any atom is 0.410 e. The van der Waals surface area contributed by atoms with Crippen LogP contribution < -0.4 is 21.3 Å². The summed E-state index contributed by atoms with van der Waals surface area (Å²) in [5, 5.41) is 10.6. The first-order chi connectivity index (χ1) is 15.2. The predicted octanol–water partition coefficient (Wildman–Crippen LogP) is 3.37. The smallest absolute Gasteiger partial charge is 0.410 e. The zero-order valence-electron chi connectivity index (χ0n) is 20.9. The van der Waals surface area contributed by atoms with Gasteiger partial charge in [-0.25, -0.2) is 19.2 Å². The summed E-state index contributed by atoms with van der Waals surface area (Å²) < 4.78 is 20.4. The van der Waals surface area contributed by atoms with E-state index in [4.69, 9.17) is 18.9 Å². The van der Waals surface area contributed by atoms with Gasteiger partial charge < -0.3 is 18.9 Å². The fraction of sp³-hybridized carbons (Fsp3) is 0.800. The van der Waals surface area contributed by atoms with E-state index >= 15 is 0 Å². The highest BCUT2D eigenvalue weighted by Gasteiger charge is 2.41. The summed E-state index contributed by atoms with van der Waals surface area (Å²) in [4.78, 5) is 48.4. The van der Waals surface area contributed by atoms with Gasteiger partial charge in [-0.05, 0) is 55.4 Å². The topological polar surface area (TPSA) is 153 Å². The minimum atomic E-state index is -2.53. The molecule has 33 heavy (non-hydrogen) atoms. The number of hydrogen-bond donors (Lipinski definition) is 4. The number of ether oxygens (including phenoxy) is 4. The van der Waals surface area contributed by atoms with Gasteiger partial charge in [-0.15, -0.1) is 0 Å². The van der Waals surface area contributed by atoms with Crippen LogP contribution in [0.3, 0.4) is 0 Å². The number of rotatable bonds is 12. The second-order valence-corrected chi connectivity index (χ2v) is 12.4. The maximum atomic E-state index is 12.1. The van der Waals surface area contributed by atoms with Gasteiger partial charge in [0.15, 0.2) is 0 Å². The lowest BCUT2D eigenvalue weighted by Gasteiger charge is -2.28. The third-order valence-corrected chi connectivity index (χ3v) is 6.92. The van der Waals surface area contributed by atoms with E-state index in [9.17, 15) is 19.2 Å². The first-order valence-corrected chi connectivity index (χ1v) is 13.4. The number of alkyl carbamates (subject to hydrolysis) is 4. The Morgan fingerprint density at radius 2 is 0.667 bits per heavy atom. The molecule has 0 saturated heterocycles. The van der Waals surface area contributed by atoms with E-state index in [0.717, 1.165) is 0 Å². The van der Waals surface area contributed by atoms with Gasteiger partial charge in [0.05, 0.1) is 31.7 Å². The Morgan fingerprint density at radius 1 is 0.485 bits per heavy atom. The molecule has 0 atom stereocenters. The number of carbonyl (C=O) groups is 4. The summed E-state index contributed by atoms with van der Waals surface area (Å²) in [7, 11) is -2.53. The highest BCUT2D eigenvalue weighted by Crippen LogP contribution is 2.55. The van der Waals surface area contributed by atoms with Crippen LogP contribution >= 0.6 is 7.26 Å². The van der Waals surface area contributed by atoms with E-state index in [-0.39, 0.29) is 49.6 Å². The largest absolute Gasteiger partial charge is 0.447 e. The lowest BCUT2D eigenvalue weighted by Crippen LogP contribution is -2.43. The van der Waals surface area contributed by atoms with E-state index in [1.54, 1.807) is 55.4 Å². The molecule has 0 radical (unpaired) electrons. The maximum absolute atomic E-state index is 12.1. The molecule has 0 spiro atoms. The summed E-state index contributed by atoms with van der Waals surface area (Å²) in [5.41, 5.74) is 0. The molecule has 0 aromatic heterocycles. The van der Waals surface area contributed by atoms with Crippen LogP contribution in [-0.4, -0.2) is 73.9 Å². The van der Waals surface area contributed by atoms with Crippen LogP contribution in [0.4, 0.5) is 19.2 Å². The van der Waals surface area contributed by atoms with Gasteiger partial charge in [0, 0.05) is 0 Å². The summed E-state index contributed by atoms with van der Waals surface area (Å²) >= 11 is 0. The van der Waals surface area contributed by atoms with E-state index < -0.39 is 31.6 Å². The van der Waals surface area contributed by atoms with Gasteiger partial charge in [-0.3, -0.25) is 21.3 Å². The monoisotopic (exact) mass is 495 g/mol. The summed E-state index contributed by atoms with van der Waals surface area (Å²) in [6.07, 6.45) is -3.80. The quantitative estimate of drug-likeness (QED) is 0.237. The van der Waals surface area contributed by atoms with Crippen molar-refractivity contribution in [2.24, 2.45) is 0 Å². The molecule has 0 aliphatic rings. The molecule has 4 N–H and O–H groups in total. The zero-order chi connectivity index (χ0) is 25.6. The van der Waals surface area contributed by atoms with Gasteiger partial charge in [-0.2, -0.15) is 0 Å². The van der Waals surface area contributed by atoms with Crippen molar-refractivity contribution < 1.29 is 38.1 Å². The van der Waals surface area contributed by atoms with Crippen molar-refractivity contribution in [1.29, 1.82) is 0 Å². The molecular formula is C20H40N4O8P+. The van der Waals surface area contributed by atoms with Gasteiger partial charge in [0.2, 0.25) is 0 Å². The molecule has 0 aliphatic heterocycles. The first-order valence-electron chi connectivity index (χ1n) is 10.9. The average Bonchev–Trinajstić information content (AvgIpc) is 2.64. The highest BCUT2D eigenvalue weighted by atomic mass is 31.2. The van der Waals surface area contributed by atoms with Crippen LogP contribution in [0.2, 0.25) is 0 Å². The van der Waals surface area contributed by atoms with Gasteiger partial charge >= 0.3 is 24.4 Å². The van der Waals surface area contributed by atoms with E-state index in [0.29, 0.717) is 0 Å². The van der Waals surface area contributed by atoms with E-state index in [2.05, 4.69) is 21.3 Å². The molecule has 0 rings (SSSR count). The minimum absolute atomic E-state index is 0.0461. The highest BCUT2D eigenvalue weighted by molar-refractivity contribution is 7.75. The lowest BCUT2D eigenvalue weighted by atomic mass is 10.5. The van der Waals surface area contributed by atoms with Crippen molar-refractivity contribution in [3.8, 4) is 0 Å². The zero-order valence-corrected chi connectivity index (χ0v) is 21.7. The third-order valence-electron chi connectivity index (χ3n) is 3.61. The molecule has 4 amide bonds.